The van der Waals surface area contributed by atoms with E-state index in [0.717, 1.165) is 14.6 Å². The van der Waals surface area contributed by atoms with Gasteiger partial charge in [0.15, 0.2) is 0 Å². The van der Waals surface area contributed by atoms with Crippen LogP contribution in [0.1, 0.15) is 30.4 Å². The molecule has 0 spiro atoms. The van der Waals surface area contributed by atoms with E-state index < -0.39 is 0 Å². The van der Waals surface area contributed by atoms with Gasteiger partial charge in [0.25, 0.3) is 5.91 Å². The van der Waals surface area contributed by atoms with Crippen molar-refractivity contribution in [2.45, 2.75) is 20.8 Å². The van der Waals surface area contributed by atoms with Crippen LogP contribution in [-0.4, -0.2) is 12.5 Å². The van der Waals surface area contributed by atoms with Crippen LogP contribution in [0.5, 0.6) is 0 Å². The van der Waals surface area contributed by atoms with Gasteiger partial charge in [0.05, 0.1) is 5.69 Å². The predicted molar refractivity (Wildman–Crippen MR) is 90.3 cm³/mol. The molecule has 1 unspecified atom stereocenters. The quantitative estimate of drug-likeness (QED) is 0.861. The van der Waals surface area contributed by atoms with E-state index >= 15 is 0 Å². The Morgan fingerprint density at radius 1 is 1.40 bits per heavy atom. The van der Waals surface area contributed by atoms with Crippen LogP contribution in [0.3, 0.4) is 0 Å². The van der Waals surface area contributed by atoms with E-state index in [-0.39, 0.29) is 5.91 Å². The minimum absolute atomic E-state index is 0.0766. The first-order chi connectivity index (χ1) is 9.40. The highest BCUT2D eigenvalue weighted by atomic mass is 79.9. The van der Waals surface area contributed by atoms with Crippen molar-refractivity contribution < 1.29 is 4.79 Å². The van der Waals surface area contributed by atoms with E-state index in [2.05, 4.69) is 42.0 Å². The summed E-state index contributed by atoms with van der Waals surface area (Å²) in [6, 6.07) is 5.89. The maximum absolute atomic E-state index is 12.3. The summed E-state index contributed by atoms with van der Waals surface area (Å²) in [5.41, 5.74) is 6.67. The highest BCUT2D eigenvalue weighted by Gasteiger charge is 2.17. The molecular weight excluding hydrogens is 336 g/mol. The van der Waals surface area contributed by atoms with Crippen LogP contribution in [0, 0.1) is 11.8 Å². The molecule has 0 aliphatic heterocycles. The van der Waals surface area contributed by atoms with Gasteiger partial charge < -0.3 is 11.1 Å². The number of carbonyl (C=O) groups is 1. The molecular formula is C15H19BrN2OS. The largest absolute Gasteiger partial charge is 0.397 e. The summed E-state index contributed by atoms with van der Waals surface area (Å²) in [7, 11) is 0. The SMILES string of the molecule is CC(C)C(C)CNC(=O)c1sc2ccc(Br)cc2c1N. The molecule has 0 radical (unpaired) electrons. The summed E-state index contributed by atoms with van der Waals surface area (Å²) in [5, 5.41) is 3.91. The molecule has 3 N–H and O–H groups in total. The number of thiophene rings is 1. The van der Waals surface area contributed by atoms with Gasteiger partial charge >= 0.3 is 0 Å². The lowest BCUT2D eigenvalue weighted by atomic mass is 9.98. The zero-order valence-corrected chi connectivity index (χ0v) is 14.3. The second-order valence-electron chi connectivity index (χ2n) is 5.42. The molecule has 2 aromatic rings. The molecule has 0 aliphatic rings. The van der Waals surface area contributed by atoms with Crippen LogP contribution in [0.25, 0.3) is 10.1 Å². The number of hydrogen-bond donors (Lipinski definition) is 2. The van der Waals surface area contributed by atoms with Gasteiger partial charge in [-0.2, -0.15) is 0 Å². The fraction of sp³-hybridized carbons (Fsp3) is 0.400. The smallest absolute Gasteiger partial charge is 0.263 e. The number of nitrogen functional groups attached to an aromatic ring is 1. The summed E-state index contributed by atoms with van der Waals surface area (Å²) in [4.78, 5) is 12.9. The number of amides is 1. The summed E-state index contributed by atoms with van der Waals surface area (Å²) in [6.45, 7) is 7.12. The molecule has 1 aromatic carbocycles. The van der Waals surface area contributed by atoms with E-state index in [9.17, 15) is 4.79 Å². The van der Waals surface area contributed by atoms with E-state index in [1.165, 1.54) is 11.3 Å². The van der Waals surface area contributed by atoms with Crippen LogP contribution in [-0.2, 0) is 0 Å². The molecule has 20 heavy (non-hydrogen) atoms. The van der Waals surface area contributed by atoms with Crippen molar-refractivity contribution in [2.75, 3.05) is 12.3 Å². The van der Waals surface area contributed by atoms with Gasteiger partial charge in [-0.15, -0.1) is 11.3 Å². The van der Waals surface area contributed by atoms with Gasteiger partial charge in [0, 0.05) is 21.1 Å². The minimum Gasteiger partial charge on any atom is -0.397 e. The monoisotopic (exact) mass is 354 g/mol. The predicted octanol–water partition coefficient (Wildman–Crippen LogP) is 4.27. The molecule has 0 aliphatic carbocycles. The van der Waals surface area contributed by atoms with Gasteiger partial charge in [-0.25, -0.2) is 0 Å². The standard InChI is InChI=1S/C15H19BrN2OS/c1-8(2)9(3)7-18-15(19)14-13(17)11-6-10(16)4-5-12(11)20-14/h4-6,8-9H,7,17H2,1-3H3,(H,18,19). The second-order valence-corrected chi connectivity index (χ2v) is 7.38. The number of rotatable bonds is 4. The van der Waals surface area contributed by atoms with E-state index in [1.54, 1.807) is 0 Å². The molecule has 1 heterocycles. The Bertz CT molecular complexity index is 636. The number of nitrogens with two attached hydrogens (primary N) is 1. The Balaban J connectivity index is 2.20. The Morgan fingerprint density at radius 2 is 2.10 bits per heavy atom. The van der Waals surface area contributed by atoms with Crippen LogP contribution < -0.4 is 11.1 Å². The van der Waals surface area contributed by atoms with E-state index in [1.807, 2.05) is 18.2 Å². The van der Waals surface area contributed by atoms with Crippen LogP contribution in [0.4, 0.5) is 5.69 Å². The summed E-state index contributed by atoms with van der Waals surface area (Å²) >= 11 is 4.87. The van der Waals surface area contributed by atoms with Gasteiger partial charge in [-0.1, -0.05) is 36.7 Å². The number of anilines is 1. The first-order valence-corrected chi connectivity index (χ1v) is 8.26. The normalized spacial score (nSPS) is 12.8. The Labute approximate surface area is 131 Å². The number of halogens is 1. The average Bonchev–Trinajstić information content (AvgIpc) is 2.73. The first kappa shape index (κ1) is 15.3. The lowest BCUT2D eigenvalue weighted by Crippen LogP contribution is -2.30. The summed E-state index contributed by atoms with van der Waals surface area (Å²) < 4.78 is 2.00. The number of carbonyl (C=O) groups excluding carboxylic acids is 1. The number of nitrogens with one attached hydrogen (secondary N) is 1. The van der Waals surface area contributed by atoms with Gasteiger partial charge in [-0.05, 0) is 30.0 Å². The molecule has 108 valence electrons. The van der Waals surface area contributed by atoms with E-state index in [4.69, 9.17) is 5.73 Å². The van der Waals surface area contributed by atoms with Crippen molar-refractivity contribution in [3.05, 3.63) is 27.5 Å². The first-order valence-electron chi connectivity index (χ1n) is 6.66. The zero-order valence-electron chi connectivity index (χ0n) is 11.9. The van der Waals surface area contributed by atoms with Crippen LogP contribution in [0.15, 0.2) is 22.7 Å². The molecule has 3 nitrogen and oxygen atoms in total. The molecule has 0 fully saturated rings. The van der Waals surface area contributed by atoms with Gasteiger partial charge in [-0.3, -0.25) is 4.79 Å². The Morgan fingerprint density at radius 3 is 2.75 bits per heavy atom. The molecule has 1 atom stereocenters. The van der Waals surface area contributed by atoms with Gasteiger partial charge in [0.1, 0.15) is 4.88 Å². The number of fused-ring (bicyclic) bond motifs is 1. The Hall–Kier alpha value is -1.07. The molecule has 1 aromatic heterocycles. The third kappa shape index (κ3) is 3.15. The van der Waals surface area contributed by atoms with Crippen LogP contribution >= 0.6 is 27.3 Å². The van der Waals surface area contributed by atoms with Crippen LogP contribution in [0.2, 0.25) is 0 Å². The third-order valence-electron chi connectivity index (χ3n) is 3.62. The molecule has 0 bridgehead atoms. The molecule has 5 heteroatoms. The Kier molecular flexibility index (Phi) is 4.70. The topological polar surface area (TPSA) is 55.1 Å². The molecule has 1 amide bonds. The minimum atomic E-state index is -0.0766. The lowest BCUT2D eigenvalue weighted by molar-refractivity contribution is 0.0950. The average molecular weight is 355 g/mol. The number of benzene rings is 1. The maximum atomic E-state index is 12.3. The van der Waals surface area contributed by atoms with Crippen molar-refractivity contribution in [3.8, 4) is 0 Å². The molecule has 0 saturated heterocycles. The fourth-order valence-electron chi connectivity index (χ4n) is 1.83. The summed E-state index contributed by atoms with van der Waals surface area (Å²) in [5.74, 6) is 0.919. The zero-order chi connectivity index (χ0) is 14.9. The lowest BCUT2D eigenvalue weighted by Gasteiger charge is -2.15. The van der Waals surface area contributed by atoms with Crippen molar-refractivity contribution >= 4 is 48.9 Å². The number of hydrogen-bond acceptors (Lipinski definition) is 3. The maximum Gasteiger partial charge on any atom is 0.263 e. The van der Waals surface area contributed by atoms with Crippen molar-refractivity contribution in [3.63, 3.8) is 0 Å². The highest BCUT2D eigenvalue weighted by Crippen LogP contribution is 2.35. The third-order valence-corrected chi connectivity index (χ3v) is 5.30. The second kappa shape index (κ2) is 6.14. The summed E-state index contributed by atoms with van der Waals surface area (Å²) in [6.07, 6.45) is 0. The fourth-order valence-corrected chi connectivity index (χ4v) is 3.21. The van der Waals surface area contributed by atoms with E-state index in [0.29, 0.717) is 28.9 Å². The highest BCUT2D eigenvalue weighted by molar-refractivity contribution is 9.10. The van der Waals surface area contributed by atoms with Crippen molar-refractivity contribution in [1.29, 1.82) is 0 Å². The van der Waals surface area contributed by atoms with Crippen molar-refractivity contribution in [2.24, 2.45) is 11.8 Å². The van der Waals surface area contributed by atoms with Crippen molar-refractivity contribution in [1.82, 2.24) is 5.32 Å². The molecule has 2 rings (SSSR count). The molecule has 0 saturated carbocycles. The van der Waals surface area contributed by atoms with Gasteiger partial charge in [0.2, 0.25) is 0 Å².